The highest BCUT2D eigenvalue weighted by atomic mass is 32.2. The molecule has 1 saturated heterocycles. The molecule has 2 heterocycles. The summed E-state index contributed by atoms with van der Waals surface area (Å²) in [5.74, 6) is 3.23. The number of nitrogens with two attached hydrogens (primary N) is 1. The van der Waals surface area contributed by atoms with Gasteiger partial charge in [0.25, 0.3) is 0 Å². The summed E-state index contributed by atoms with van der Waals surface area (Å²) in [6.07, 6.45) is 1.52. The molecule has 0 radical (unpaired) electrons. The van der Waals surface area contributed by atoms with Gasteiger partial charge in [-0.1, -0.05) is 0 Å². The third-order valence-electron chi connectivity index (χ3n) is 3.34. The maximum Gasteiger partial charge on any atom is 0.242 e. The lowest BCUT2D eigenvalue weighted by molar-refractivity contribution is 0.582. The maximum absolute atomic E-state index is 12.5. The van der Waals surface area contributed by atoms with Crippen molar-refractivity contribution in [1.82, 2.24) is 9.71 Å². The van der Waals surface area contributed by atoms with E-state index < -0.39 is 10.0 Å². The lowest BCUT2D eigenvalue weighted by atomic mass is 10.2. The third-order valence-corrected chi connectivity index (χ3v) is 7.65. The normalized spacial score (nSPS) is 19.9. The Hall–Kier alpha value is -0.830. The average molecular weight is 343 g/mol. The van der Waals surface area contributed by atoms with E-state index in [1.54, 1.807) is 18.2 Å². The highest BCUT2D eigenvalue weighted by molar-refractivity contribution is 8.06. The molecule has 2 aromatic rings. The first kappa shape index (κ1) is 15.1. The SMILES string of the molecule is Nc1ccc2[nH]cc(S(=O)(=O)NCC3CSCCS3)c2c1. The Morgan fingerprint density at radius 2 is 2.24 bits per heavy atom. The molecular weight excluding hydrogens is 326 g/mol. The van der Waals surface area contributed by atoms with Crippen LogP contribution in [-0.2, 0) is 10.0 Å². The van der Waals surface area contributed by atoms with Crippen molar-refractivity contribution in [3.8, 4) is 0 Å². The molecule has 0 aliphatic carbocycles. The van der Waals surface area contributed by atoms with Crippen LogP contribution in [-0.4, -0.2) is 42.5 Å². The van der Waals surface area contributed by atoms with Crippen molar-refractivity contribution in [1.29, 1.82) is 0 Å². The summed E-state index contributed by atoms with van der Waals surface area (Å²) < 4.78 is 27.7. The molecule has 1 aliphatic heterocycles. The number of aromatic nitrogens is 1. The summed E-state index contributed by atoms with van der Waals surface area (Å²) in [6.45, 7) is 0.467. The van der Waals surface area contributed by atoms with Crippen LogP contribution in [0.15, 0.2) is 29.3 Å². The highest BCUT2D eigenvalue weighted by Gasteiger charge is 2.22. The molecular formula is C13H17N3O2S3. The summed E-state index contributed by atoms with van der Waals surface area (Å²) in [5.41, 5.74) is 7.07. The Labute approximate surface area is 132 Å². The van der Waals surface area contributed by atoms with E-state index in [-0.39, 0.29) is 4.90 Å². The van der Waals surface area contributed by atoms with Crippen LogP contribution < -0.4 is 10.5 Å². The van der Waals surface area contributed by atoms with Crippen LogP contribution in [0.3, 0.4) is 0 Å². The molecule has 114 valence electrons. The van der Waals surface area contributed by atoms with Crippen LogP contribution in [0.25, 0.3) is 10.9 Å². The zero-order valence-corrected chi connectivity index (χ0v) is 13.8. The van der Waals surface area contributed by atoms with Crippen LogP contribution in [0.5, 0.6) is 0 Å². The van der Waals surface area contributed by atoms with E-state index >= 15 is 0 Å². The summed E-state index contributed by atoms with van der Waals surface area (Å²) in [4.78, 5) is 3.24. The molecule has 21 heavy (non-hydrogen) atoms. The molecule has 8 heteroatoms. The van der Waals surface area contributed by atoms with E-state index in [0.717, 1.165) is 22.8 Å². The number of anilines is 1. The number of hydrogen-bond donors (Lipinski definition) is 3. The minimum Gasteiger partial charge on any atom is -0.399 e. The number of thioether (sulfide) groups is 2. The number of nitrogens with one attached hydrogen (secondary N) is 2. The van der Waals surface area contributed by atoms with Crippen LogP contribution in [0.2, 0.25) is 0 Å². The van der Waals surface area contributed by atoms with E-state index in [1.165, 1.54) is 6.20 Å². The monoisotopic (exact) mass is 343 g/mol. The fourth-order valence-corrected chi connectivity index (χ4v) is 6.24. The van der Waals surface area contributed by atoms with Crippen molar-refractivity contribution in [2.24, 2.45) is 0 Å². The summed E-state index contributed by atoms with van der Waals surface area (Å²) in [7, 11) is -3.52. The zero-order valence-electron chi connectivity index (χ0n) is 11.3. The van der Waals surface area contributed by atoms with Gasteiger partial charge in [-0.05, 0) is 18.2 Å². The second kappa shape index (κ2) is 6.12. The highest BCUT2D eigenvalue weighted by Crippen LogP contribution is 2.26. The molecule has 0 spiro atoms. The number of rotatable bonds is 4. The first-order valence-electron chi connectivity index (χ1n) is 6.62. The number of fused-ring (bicyclic) bond motifs is 1. The zero-order chi connectivity index (χ0) is 14.9. The summed E-state index contributed by atoms with van der Waals surface area (Å²) in [5, 5.41) is 0.974. The van der Waals surface area contributed by atoms with Crippen LogP contribution in [0, 0.1) is 0 Å². The molecule has 1 aromatic heterocycles. The second-order valence-electron chi connectivity index (χ2n) is 4.88. The second-order valence-corrected chi connectivity index (χ2v) is 9.17. The number of nitrogen functional groups attached to an aromatic ring is 1. The van der Waals surface area contributed by atoms with Gasteiger partial charge in [0.15, 0.2) is 0 Å². The Kier molecular flexibility index (Phi) is 4.39. The lowest BCUT2D eigenvalue weighted by Gasteiger charge is -2.21. The van der Waals surface area contributed by atoms with Gasteiger partial charge in [0.1, 0.15) is 4.90 Å². The van der Waals surface area contributed by atoms with Crippen molar-refractivity contribution in [2.75, 3.05) is 29.5 Å². The predicted octanol–water partition coefficient (Wildman–Crippen LogP) is 1.88. The number of sulfonamides is 1. The number of H-pyrrole nitrogens is 1. The minimum atomic E-state index is -3.52. The predicted molar refractivity (Wildman–Crippen MR) is 91.5 cm³/mol. The molecule has 1 atom stereocenters. The van der Waals surface area contributed by atoms with Crippen molar-refractivity contribution < 1.29 is 8.42 Å². The Bertz CT molecular complexity index is 736. The Balaban J connectivity index is 1.81. The third kappa shape index (κ3) is 3.33. The fraction of sp³-hybridized carbons (Fsp3) is 0.385. The number of benzene rings is 1. The molecule has 3 rings (SSSR count). The van der Waals surface area contributed by atoms with Crippen LogP contribution in [0.4, 0.5) is 5.69 Å². The molecule has 0 saturated carbocycles. The largest absolute Gasteiger partial charge is 0.399 e. The van der Waals surface area contributed by atoms with E-state index in [0.29, 0.717) is 22.9 Å². The van der Waals surface area contributed by atoms with E-state index in [2.05, 4.69) is 9.71 Å². The molecule has 5 nitrogen and oxygen atoms in total. The summed E-state index contributed by atoms with van der Waals surface area (Å²) in [6, 6.07) is 5.22. The minimum absolute atomic E-state index is 0.262. The molecule has 1 aliphatic rings. The van der Waals surface area contributed by atoms with Gasteiger partial charge in [-0.15, -0.1) is 0 Å². The maximum atomic E-state index is 12.5. The first-order valence-corrected chi connectivity index (χ1v) is 10.3. The molecule has 1 aromatic carbocycles. The smallest absolute Gasteiger partial charge is 0.242 e. The van der Waals surface area contributed by atoms with Crippen molar-refractivity contribution in [3.05, 3.63) is 24.4 Å². The Morgan fingerprint density at radius 3 is 3.00 bits per heavy atom. The lowest BCUT2D eigenvalue weighted by Crippen LogP contribution is -2.33. The van der Waals surface area contributed by atoms with Gasteiger partial charge in [-0.2, -0.15) is 23.5 Å². The van der Waals surface area contributed by atoms with E-state index in [4.69, 9.17) is 5.73 Å². The van der Waals surface area contributed by atoms with Gasteiger partial charge >= 0.3 is 0 Å². The topological polar surface area (TPSA) is 88.0 Å². The molecule has 1 fully saturated rings. The quantitative estimate of drug-likeness (QED) is 0.738. The van der Waals surface area contributed by atoms with Crippen LogP contribution in [0.1, 0.15) is 0 Å². The van der Waals surface area contributed by atoms with Crippen molar-refractivity contribution in [3.63, 3.8) is 0 Å². The van der Waals surface area contributed by atoms with Gasteiger partial charge in [-0.25, -0.2) is 13.1 Å². The molecule has 1 unspecified atom stereocenters. The van der Waals surface area contributed by atoms with E-state index in [1.807, 2.05) is 23.5 Å². The molecule has 0 bridgehead atoms. The van der Waals surface area contributed by atoms with E-state index in [9.17, 15) is 8.42 Å². The van der Waals surface area contributed by atoms with Gasteiger partial charge in [0, 0.05) is 51.8 Å². The number of aromatic amines is 1. The van der Waals surface area contributed by atoms with Gasteiger partial charge in [0.05, 0.1) is 0 Å². The number of hydrogen-bond acceptors (Lipinski definition) is 5. The van der Waals surface area contributed by atoms with Crippen LogP contribution >= 0.6 is 23.5 Å². The fourth-order valence-electron chi connectivity index (χ4n) is 2.27. The molecule has 4 N–H and O–H groups in total. The van der Waals surface area contributed by atoms with Crippen molar-refractivity contribution in [2.45, 2.75) is 10.1 Å². The Morgan fingerprint density at radius 1 is 1.38 bits per heavy atom. The average Bonchev–Trinajstić information content (AvgIpc) is 2.90. The first-order chi connectivity index (χ1) is 10.1. The van der Waals surface area contributed by atoms with Crippen molar-refractivity contribution >= 4 is 50.1 Å². The van der Waals surface area contributed by atoms with Gasteiger partial charge < -0.3 is 10.7 Å². The van der Waals surface area contributed by atoms with Gasteiger partial charge in [0.2, 0.25) is 10.0 Å². The summed E-state index contributed by atoms with van der Waals surface area (Å²) >= 11 is 3.71. The standard InChI is InChI=1S/C13H17N3O2S3/c14-9-1-2-12-11(5-9)13(7-15-12)21(17,18)16-6-10-8-19-3-4-20-10/h1-2,5,7,10,15-16H,3-4,6,8,14H2. The van der Waals surface area contributed by atoms with Gasteiger partial charge in [-0.3, -0.25) is 0 Å². The molecule has 0 amide bonds.